The molecule has 0 aliphatic heterocycles. The van der Waals surface area contributed by atoms with Gasteiger partial charge in [-0.05, 0) is 24.6 Å². The van der Waals surface area contributed by atoms with E-state index in [0.29, 0.717) is 0 Å². The van der Waals surface area contributed by atoms with E-state index in [1.807, 2.05) is 0 Å². The van der Waals surface area contributed by atoms with E-state index >= 15 is 0 Å². The minimum atomic E-state index is -0.627. The highest BCUT2D eigenvalue weighted by atomic mass is 16.1. The Morgan fingerprint density at radius 3 is 1.06 bits per heavy atom. The van der Waals surface area contributed by atoms with Gasteiger partial charge in [-0.1, -0.05) is 26.3 Å². The number of rotatable bonds is 5. The summed E-state index contributed by atoms with van der Waals surface area (Å²) in [5, 5.41) is 0. The van der Waals surface area contributed by atoms with Crippen LogP contribution in [0.25, 0.3) is 0 Å². The first-order valence-corrected chi connectivity index (χ1v) is 4.15. The molecule has 0 rings (SSSR count). The molecule has 0 saturated heterocycles. The molecule has 16 heavy (non-hydrogen) atoms. The highest BCUT2D eigenvalue weighted by molar-refractivity contribution is 6.05. The van der Waals surface area contributed by atoms with Gasteiger partial charge in [-0.2, -0.15) is 0 Å². The van der Waals surface area contributed by atoms with Crippen molar-refractivity contribution in [1.29, 1.82) is 0 Å². The second-order valence-corrected chi connectivity index (χ2v) is 2.84. The van der Waals surface area contributed by atoms with E-state index in [4.69, 9.17) is 0 Å². The lowest BCUT2D eigenvalue weighted by atomic mass is 9.96. The Morgan fingerprint density at radius 2 is 0.875 bits per heavy atom. The SMILES string of the molecule is C=NC(=O)C(=C)C(=C)C(=C)C(=C)C(=O)N=C. The highest BCUT2D eigenvalue weighted by Gasteiger charge is 2.16. The fourth-order valence-electron chi connectivity index (χ4n) is 0.813. The van der Waals surface area contributed by atoms with E-state index in [9.17, 15) is 9.59 Å². The Labute approximate surface area is 94.1 Å². The summed E-state index contributed by atoms with van der Waals surface area (Å²) < 4.78 is 0. The Bertz CT molecular complexity index is 400. The molecule has 0 bridgehead atoms. The van der Waals surface area contributed by atoms with E-state index in [1.165, 1.54) is 0 Å². The Balaban J connectivity index is 4.96. The molecular weight excluding hydrogens is 204 g/mol. The van der Waals surface area contributed by atoms with Crippen molar-refractivity contribution in [2.45, 2.75) is 0 Å². The fraction of sp³-hybridized carbons (Fsp3) is 0. The summed E-state index contributed by atoms with van der Waals surface area (Å²) in [5.41, 5.74) is 0.384. The number of aliphatic imine (C=N–C) groups is 2. The smallest absolute Gasteiger partial charge is 0.267 e. The van der Waals surface area contributed by atoms with E-state index < -0.39 is 11.8 Å². The minimum Gasteiger partial charge on any atom is -0.267 e. The molecule has 4 heteroatoms. The molecule has 2 amide bonds. The van der Waals surface area contributed by atoms with Crippen LogP contribution in [0.5, 0.6) is 0 Å². The van der Waals surface area contributed by atoms with Gasteiger partial charge in [0.1, 0.15) is 0 Å². The largest absolute Gasteiger partial charge is 0.276 e. The van der Waals surface area contributed by atoms with Gasteiger partial charge in [0.05, 0.1) is 0 Å². The quantitative estimate of drug-likeness (QED) is 0.398. The van der Waals surface area contributed by atoms with Gasteiger partial charge in [0.25, 0.3) is 11.8 Å². The van der Waals surface area contributed by atoms with Crippen LogP contribution >= 0.6 is 0 Å². The summed E-state index contributed by atoms with van der Waals surface area (Å²) in [6, 6.07) is 0. The van der Waals surface area contributed by atoms with Crippen molar-refractivity contribution in [3.8, 4) is 0 Å². The molecule has 0 aliphatic rings. The van der Waals surface area contributed by atoms with Crippen LogP contribution < -0.4 is 0 Å². The van der Waals surface area contributed by atoms with Crippen molar-refractivity contribution in [3.63, 3.8) is 0 Å². The molecule has 0 heterocycles. The monoisotopic (exact) mass is 216 g/mol. The van der Waals surface area contributed by atoms with E-state index in [1.54, 1.807) is 0 Å². The van der Waals surface area contributed by atoms with Crippen LogP contribution in [0.3, 0.4) is 0 Å². The summed E-state index contributed by atoms with van der Waals surface area (Å²) in [4.78, 5) is 28.6. The maximum absolute atomic E-state index is 11.1. The van der Waals surface area contributed by atoms with Crippen molar-refractivity contribution >= 4 is 25.2 Å². The average molecular weight is 216 g/mol. The Morgan fingerprint density at radius 1 is 0.625 bits per heavy atom. The molecule has 0 aromatic rings. The lowest BCUT2D eigenvalue weighted by Gasteiger charge is -2.09. The van der Waals surface area contributed by atoms with Crippen LogP contribution in [0.4, 0.5) is 0 Å². The van der Waals surface area contributed by atoms with Crippen molar-refractivity contribution < 1.29 is 9.59 Å². The van der Waals surface area contributed by atoms with Gasteiger partial charge >= 0.3 is 0 Å². The molecule has 0 aromatic heterocycles. The van der Waals surface area contributed by atoms with Crippen LogP contribution in [0.1, 0.15) is 0 Å². The van der Waals surface area contributed by atoms with Crippen LogP contribution in [0.15, 0.2) is 58.6 Å². The number of carbonyl (C=O) groups is 2. The third-order valence-corrected chi connectivity index (χ3v) is 1.90. The molecule has 0 spiro atoms. The lowest BCUT2D eigenvalue weighted by Crippen LogP contribution is -2.06. The number of hydrogen-bond acceptors (Lipinski definition) is 2. The van der Waals surface area contributed by atoms with E-state index in [0.717, 1.165) is 0 Å². The Hall–Kier alpha value is -2.36. The van der Waals surface area contributed by atoms with Gasteiger partial charge in [0.15, 0.2) is 0 Å². The molecule has 0 atom stereocenters. The normalized spacial score (nSPS) is 8.75. The summed E-state index contributed by atoms with van der Waals surface area (Å²) in [6.07, 6.45) is 0. The van der Waals surface area contributed by atoms with Crippen molar-refractivity contribution in [1.82, 2.24) is 0 Å². The standard InChI is InChI=1S/C12H12N2O2/c1-7(9(3)11(15)13-5)8(2)10(4)12(16)14-6/h1-6H2. The van der Waals surface area contributed by atoms with Gasteiger partial charge < -0.3 is 0 Å². The predicted molar refractivity (Wildman–Crippen MR) is 65.7 cm³/mol. The molecule has 0 aliphatic carbocycles. The second-order valence-electron chi connectivity index (χ2n) is 2.84. The van der Waals surface area contributed by atoms with Gasteiger partial charge in [-0.25, -0.2) is 9.98 Å². The maximum atomic E-state index is 11.1. The first-order chi connectivity index (χ1) is 7.36. The van der Waals surface area contributed by atoms with E-state index in [2.05, 4.69) is 49.7 Å². The first-order valence-electron chi connectivity index (χ1n) is 4.15. The molecule has 0 radical (unpaired) electrons. The number of carbonyl (C=O) groups excluding carboxylic acids is 2. The van der Waals surface area contributed by atoms with Gasteiger partial charge in [0, 0.05) is 11.1 Å². The zero-order valence-corrected chi connectivity index (χ0v) is 8.95. The maximum Gasteiger partial charge on any atom is 0.276 e. The van der Waals surface area contributed by atoms with Crippen LogP contribution in [0, 0.1) is 0 Å². The molecule has 0 saturated carbocycles. The molecule has 0 unspecified atom stereocenters. The predicted octanol–water partition coefficient (Wildman–Crippen LogP) is 1.67. The van der Waals surface area contributed by atoms with Crippen LogP contribution in [-0.4, -0.2) is 25.2 Å². The number of nitrogens with zero attached hydrogens (tertiary/aromatic N) is 2. The second kappa shape index (κ2) is 5.50. The summed E-state index contributed by atoms with van der Waals surface area (Å²) in [7, 11) is 0. The molecule has 82 valence electrons. The molecule has 0 N–H and O–H groups in total. The van der Waals surface area contributed by atoms with Gasteiger partial charge in [-0.3, -0.25) is 9.59 Å². The summed E-state index contributed by atoms with van der Waals surface area (Å²) in [6.45, 7) is 20.2. The lowest BCUT2D eigenvalue weighted by molar-refractivity contribution is -0.115. The molecule has 0 fully saturated rings. The summed E-state index contributed by atoms with van der Waals surface area (Å²) >= 11 is 0. The van der Waals surface area contributed by atoms with E-state index in [-0.39, 0.29) is 22.3 Å². The Kier molecular flexibility index (Phi) is 4.69. The zero-order chi connectivity index (χ0) is 12.9. The first kappa shape index (κ1) is 13.6. The van der Waals surface area contributed by atoms with Crippen molar-refractivity contribution in [2.75, 3.05) is 0 Å². The fourth-order valence-corrected chi connectivity index (χ4v) is 0.813. The van der Waals surface area contributed by atoms with Gasteiger partial charge in [0.2, 0.25) is 0 Å². The average Bonchev–Trinajstić information content (AvgIpc) is 2.32. The highest BCUT2D eigenvalue weighted by Crippen LogP contribution is 2.22. The minimum absolute atomic E-state index is 0.0120. The molecule has 4 nitrogen and oxygen atoms in total. The van der Waals surface area contributed by atoms with Crippen molar-refractivity contribution in [3.05, 3.63) is 48.6 Å². The van der Waals surface area contributed by atoms with Gasteiger partial charge in [-0.15, -0.1) is 0 Å². The molecular formula is C12H12N2O2. The summed E-state index contributed by atoms with van der Waals surface area (Å²) in [5.74, 6) is -1.25. The zero-order valence-electron chi connectivity index (χ0n) is 8.95. The van der Waals surface area contributed by atoms with Crippen LogP contribution in [-0.2, 0) is 9.59 Å². The number of hydrogen-bond donors (Lipinski definition) is 0. The van der Waals surface area contributed by atoms with Crippen LogP contribution in [0.2, 0.25) is 0 Å². The third-order valence-electron chi connectivity index (χ3n) is 1.90. The topological polar surface area (TPSA) is 58.9 Å². The molecule has 0 aromatic carbocycles. The third kappa shape index (κ3) is 2.81. The number of amides is 2. The van der Waals surface area contributed by atoms with Crippen molar-refractivity contribution in [2.24, 2.45) is 9.98 Å².